The fourth-order valence-corrected chi connectivity index (χ4v) is 5.72. The number of nitrogens with zero attached hydrogens (tertiary/aromatic N) is 2. The number of sulfonamides is 1. The normalized spacial score (nSPS) is 14.9. The van der Waals surface area contributed by atoms with Crippen molar-refractivity contribution in [3.05, 3.63) is 64.7 Å². The van der Waals surface area contributed by atoms with Gasteiger partial charge in [0.2, 0.25) is 21.8 Å². The van der Waals surface area contributed by atoms with Crippen LogP contribution in [0.3, 0.4) is 0 Å². The molecule has 1 atom stereocenters. The molecule has 1 saturated carbocycles. The number of amides is 2. The van der Waals surface area contributed by atoms with E-state index >= 15 is 0 Å². The molecule has 2 amide bonds. The predicted molar refractivity (Wildman–Crippen MR) is 144 cm³/mol. The fourth-order valence-electron chi connectivity index (χ4n) is 4.58. The Labute approximate surface area is 219 Å². The summed E-state index contributed by atoms with van der Waals surface area (Å²) in [6.07, 6.45) is 5.70. The average Bonchev–Trinajstić information content (AvgIpc) is 3.33. The minimum atomic E-state index is -3.56. The summed E-state index contributed by atoms with van der Waals surface area (Å²) in [7, 11) is -3.56. The van der Waals surface area contributed by atoms with E-state index in [0.29, 0.717) is 23.7 Å². The maximum absolute atomic E-state index is 13.4. The Hall–Kier alpha value is -2.58. The van der Waals surface area contributed by atoms with Crippen LogP contribution in [0.2, 0.25) is 5.02 Å². The van der Waals surface area contributed by atoms with E-state index < -0.39 is 16.1 Å². The third-order valence-electron chi connectivity index (χ3n) is 6.72. The summed E-state index contributed by atoms with van der Waals surface area (Å²) in [5.41, 5.74) is 2.48. The van der Waals surface area contributed by atoms with Gasteiger partial charge in [0, 0.05) is 30.6 Å². The van der Waals surface area contributed by atoms with Gasteiger partial charge in [0.25, 0.3) is 0 Å². The molecule has 1 fully saturated rings. The molecule has 1 N–H and O–H groups in total. The minimum Gasteiger partial charge on any atom is -0.352 e. The van der Waals surface area contributed by atoms with Crippen LogP contribution in [0.1, 0.15) is 56.6 Å². The van der Waals surface area contributed by atoms with Gasteiger partial charge >= 0.3 is 0 Å². The summed E-state index contributed by atoms with van der Waals surface area (Å²) < 4.78 is 26.1. The Kier molecular flexibility index (Phi) is 9.79. The van der Waals surface area contributed by atoms with E-state index in [-0.39, 0.29) is 30.8 Å². The molecule has 1 aliphatic carbocycles. The molecule has 0 bridgehead atoms. The summed E-state index contributed by atoms with van der Waals surface area (Å²) >= 11 is 6.06. The van der Waals surface area contributed by atoms with Gasteiger partial charge in [-0.1, -0.05) is 54.8 Å². The van der Waals surface area contributed by atoms with Gasteiger partial charge in [0.15, 0.2) is 0 Å². The number of halogens is 1. The first-order chi connectivity index (χ1) is 17.1. The van der Waals surface area contributed by atoms with E-state index in [9.17, 15) is 18.0 Å². The number of nitrogens with one attached hydrogen (secondary N) is 1. The van der Waals surface area contributed by atoms with Crippen LogP contribution >= 0.6 is 11.6 Å². The maximum Gasteiger partial charge on any atom is 0.242 e. The first-order valence-electron chi connectivity index (χ1n) is 12.4. The summed E-state index contributed by atoms with van der Waals surface area (Å²) in [4.78, 5) is 28.1. The smallest absolute Gasteiger partial charge is 0.242 e. The van der Waals surface area contributed by atoms with Gasteiger partial charge in [0.1, 0.15) is 6.04 Å². The van der Waals surface area contributed by atoms with Gasteiger partial charge in [0.05, 0.1) is 11.9 Å². The van der Waals surface area contributed by atoms with E-state index in [1.807, 2.05) is 31.2 Å². The molecule has 7 nitrogen and oxygen atoms in total. The number of carbonyl (C=O) groups excluding carboxylic acids is 2. The van der Waals surface area contributed by atoms with Crippen molar-refractivity contribution in [2.24, 2.45) is 0 Å². The van der Waals surface area contributed by atoms with Gasteiger partial charge in [-0.3, -0.25) is 13.9 Å². The molecule has 0 heterocycles. The lowest BCUT2D eigenvalue weighted by molar-refractivity contribution is -0.141. The summed E-state index contributed by atoms with van der Waals surface area (Å²) in [5, 5.41) is 3.54. The summed E-state index contributed by atoms with van der Waals surface area (Å²) in [5.74, 6) is -0.340. The van der Waals surface area contributed by atoms with E-state index in [1.54, 1.807) is 36.1 Å². The van der Waals surface area contributed by atoms with Crippen molar-refractivity contribution in [2.45, 2.75) is 71.0 Å². The highest BCUT2D eigenvalue weighted by atomic mass is 35.5. The molecule has 0 aliphatic heterocycles. The lowest BCUT2D eigenvalue weighted by atomic mass is 10.1. The standard InChI is InChI=1S/C27H36ClN3O4S/c1-20-10-4-5-11-22(20)19-30(21(2)27(33)29-24-13-6-7-14-24)26(32)16-9-17-31(36(3,34)35)25-15-8-12-23(28)18-25/h4-5,8,10-12,15,18,21,24H,6-7,9,13-14,16-17,19H2,1-3H3,(H,29,33)/t21-/m1/s1. The van der Waals surface area contributed by atoms with Crippen molar-refractivity contribution in [2.75, 3.05) is 17.1 Å². The molecular weight excluding hydrogens is 498 g/mol. The van der Waals surface area contributed by atoms with Gasteiger partial charge < -0.3 is 10.2 Å². The third-order valence-corrected chi connectivity index (χ3v) is 8.15. The highest BCUT2D eigenvalue weighted by Gasteiger charge is 2.29. The van der Waals surface area contributed by atoms with E-state index in [1.165, 1.54) is 4.31 Å². The zero-order valence-corrected chi connectivity index (χ0v) is 22.8. The van der Waals surface area contributed by atoms with Crippen LogP contribution in [0.25, 0.3) is 0 Å². The van der Waals surface area contributed by atoms with Crippen molar-refractivity contribution >= 4 is 39.1 Å². The van der Waals surface area contributed by atoms with Gasteiger partial charge in [-0.15, -0.1) is 0 Å². The highest BCUT2D eigenvalue weighted by Crippen LogP contribution is 2.23. The number of hydrogen-bond acceptors (Lipinski definition) is 4. The minimum absolute atomic E-state index is 0.111. The van der Waals surface area contributed by atoms with Crippen molar-refractivity contribution in [1.82, 2.24) is 10.2 Å². The molecule has 0 aromatic heterocycles. The molecule has 0 radical (unpaired) electrons. The largest absolute Gasteiger partial charge is 0.352 e. The Balaban J connectivity index is 1.72. The van der Waals surface area contributed by atoms with Gasteiger partial charge in [-0.2, -0.15) is 0 Å². The number of benzene rings is 2. The first kappa shape index (κ1) is 28.0. The van der Waals surface area contributed by atoms with Gasteiger partial charge in [-0.25, -0.2) is 8.42 Å². The van der Waals surface area contributed by atoms with Crippen molar-refractivity contribution < 1.29 is 18.0 Å². The van der Waals surface area contributed by atoms with Crippen molar-refractivity contribution in [3.8, 4) is 0 Å². The van der Waals surface area contributed by atoms with Crippen LogP contribution < -0.4 is 9.62 Å². The molecule has 0 saturated heterocycles. The lowest BCUT2D eigenvalue weighted by Gasteiger charge is -2.30. The van der Waals surface area contributed by atoms with E-state index in [0.717, 1.165) is 43.1 Å². The number of anilines is 1. The molecule has 3 rings (SSSR count). The number of carbonyl (C=O) groups is 2. The number of hydrogen-bond donors (Lipinski definition) is 1. The number of aryl methyl sites for hydroxylation is 1. The van der Waals surface area contributed by atoms with Crippen LogP contribution in [-0.2, 0) is 26.2 Å². The van der Waals surface area contributed by atoms with Crippen LogP contribution in [0.4, 0.5) is 5.69 Å². The lowest BCUT2D eigenvalue weighted by Crippen LogP contribution is -2.49. The second-order valence-electron chi connectivity index (χ2n) is 9.53. The maximum atomic E-state index is 13.4. The number of rotatable bonds is 11. The third kappa shape index (κ3) is 7.71. The molecule has 1 aliphatic rings. The Bertz CT molecular complexity index is 1170. The molecular formula is C27H36ClN3O4S. The zero-order chi connectivity index (χ0) is 26.3. The molecule has 9 heteroatoms. The topological polar surface area (TPSA) is 86.8 Å². The van der Waals surface area contributed by atoms with Crippen LogP contribution in [0.5, 0.6) is 0 Å². The Morgan fingerprint density at radius 2 is 1.81 bits per heavy atom. The molecule has 2 aromatic carbocycles. The van der Waals surface area contributed by atoms with E-state index in [4.69, 9.17) is 11.6 Å². The van der Waals surface area contributed by atoms with Crippen LogP contribution in [0, 0.1) is 6.92 Å². The molecule has 0 unspecified atom stereocenters. The first-order valence-corrected chi connectivity index (χ1v) is 14.7. The molecule has 0 spiro atoms. The predicted octanol–water partition coefficient (Wildman–Crippen LogP) is 4.67. The monoisotopic (exact) mass is 533 g/mol. The summed E-state index contributed by atoms with van der Waals surface area (Å²) in [6.45, 7) is 4.19. The van der Waals surface area contributed by atoms with Crippen molar-refractivity contribution in [1.29, 1.82) is 0 Å². The zero-order valence-electron chi connectivity index (χ0n) is 21.2. The fraction of sp³-hybridized carbons (Fsp3) is 0.481. The van der Waals surface area contributed by atoms with Crippen LogP contribution in [0.15, 0.2) is 48.5 Å². The molecule has 2 aromatic rings. The second kappa shape index (κ2) is 12.6. The van der Waals surface area contributed by atoms with E-state index in [2.05, 4.69) is 5.32 Å². The highest BCUT2D eigenvalue weighted by molar-refractivity contribution is 7.92. The quantitative estimate of drug-likeness (QED) is 0.454. The van der Waals surface area contributed by atoms with Crippen molar-refractivity contribution in [3.63, 3.8) is 0 Å². The SMILES string of the molecule is Cc1ccccc1CN(C(=O)CCCN(c1cccc(Cl)c1)S(C)(=O)=O)[C@H](C)C(=O)NC1CCCC1. The Morgan fingerprint density at radius 1 is 1.11 bits per heavy atom. The van der Waals surface area contributed by atoms with Gasteiger partial charge in [-0.05, 0) is 62.4 Å². The second-order valence-corrected chi connectivity index (χ2v) is 11.9. The summed E-state index contributed by atoms with van der Waals surface area (Å²) in [6, 6.07) is 14.0. The molecule has 196 valence electrons. The van der Waals surface area contributed by atoms with Crippen LogP contribution in [-0.4, -0.2) is 50.0 Å². The average molecular weight is 534 g/mol. The Morgan fingerprint density at radius 3 is 2.44 bits per heavy atom. The molecule has 36 heavy (non-hydrogen) atoms.